The van der Waals surface area contributed by atoms with E-state index < -0.39 is 0 Å². The largest absolute Gasteiger partial charge is 0.249 e. The van der Waals surface area contributed by atoms with Crippen LogP contribution in [0.4, 0.5) is 0 Å². The Bertz CT molecular complexity index is 381. The van der Waals surface area contributed by atoms with Crippen molar-refractivity contribution in [3.63, 3.8) is 0 Å². The van der Waals surface area contributed by atoms with E-state index in [1.165, 1.54) is 0 Å². The van der Waals surface area contributed by atoms with E-state index in [-0.39, 0.29) is 0 Å². The Morgan fingerprint density at radius 3 is 3.00 bits per heavy atom. The number of hydrogen-bond donors (Lipinski definition) is 1. The maximum absolute atomic E-state index is 4.35. The van der Waals surface area contributed by atoms with Crippen molar-refractivity contribution in [2.24, 2.45) is 0 Å². The lowest BCUT2D eigenvalue weighted by Crippen LogP contribution is -1.91. The van der Waals surface area contributed by atoms with Crippen molar-refractivity contribution in [3.8, 4) is 11.5 Å². The SMILES string of the molecule is CCc1cccc(-c2nn[nH]n2)n1. The van der Waals surface area contributed by atoms with Gasteiger partial charge in [0.05, 0.1) is 0 Å². The molecule has 5 heteroatoms. The molecule has 0 saturated carbocycles. The number of aromatic amines is 1. The van der Waals surface area contributed by atoms with Gasteiger partial charge in [0.15, 0.2) is 0 Å². The van der Waals surface area contributed by atoms with Gasteiger partial charge >= 0.3 is 0 Å². The fraction of sp³-hybridized carbons (Fsp3) is 0.250. The van der Waals surface area contributed by atoms with Crippen LogP contribution in [0, 0.1) is 0 Å². The molecule has 5 nitrogen and oxygen atoms in total. The zero-order valence-corrected chi connectivity index (χ0v) is 7.23. The summed E-state index contributed by atoms with van der Waals surface area (Å²) >= 11 is 0. The minimum atomic E-state index is 0.537. The molecule has 2 aromatic rings. The van der Waals surface area contributed by atoms with E-state index in [0.717, 1.165) is 17.8 Å². The molecule has 0 saturated heterocycles. The summed E-state index contributed by atoms with van der Waals surface area (Å²) in [5.41, 5.74) is 1.79. The van der Waals surface area contributed by atoms with Gasteiger partial charge in [0.25, 0.3) is 0 Å². The normalized spacial score (nSPS) is 10.2. The van der Waals surface area contributed by atoms with E-state index in [0.29, 0.717) is 5.82 Å². The molecule has 1 N–H and O–H groups in total. The highest BCUT2D eigenvalue weighted by Crippen LogP contribution is 2.09. The van der Waals surface area contributed by atoms with E-state index >= 15 is 0 Å². The summed E-state index contributed by atoms with van der Waals surface area (Å²) in [6.45, 7) is 2.06. The number of pyridine rings is 1. The molecule has 0 spiro atoms. The monoisotopic (exact) mass is 175 g/mol. The van der Waals surface area contributed by atoms with Crippen LogP contribution in [-0.4, -0.2) is 25.6 Å². The first-order valence-corrected chi connectivity index (χ1v) is 4.10. The third-order valence-electron chi connectivity index (χ3n) is 1.74. The van der Waals surface area contributed by atoms with Gasteiger partial charge in [0, 0.05) is 5.69 Å². The second-order valence-electron chi connectivity index (χ2n) is 2.60. The van der Waals surface area contributed by atoms with Crippen molar-refractivity contribution in [1.29, 1.82) is 0 Å². The van der Waals surface area contributed by atoms with Crippen LogP contribution in [0.5, 0.6) is 0 Å². The number of nitrogens with one attached hydrogen (secondary N) is 1. The van der Waals surface area contributed by atoms with Crippen molar-refractivity contribution >= 4 is 0 Å². The van der Waals surface area contributed by atoms with Gasteiger partial charge in [-0.15, -0.1) is 10.2 Å². The lowest BCUT2D eigenvalue weighted by atomic mass is 10.2. The van der Waals surface area contributed by atoms with Crippen LogP contribution < -0.4 is 0 Å². The van der Waals surface area contributed by atoms with Crippen molar-refractivity contribution in [3.05, 3.63) is 23.9 Å². The molecular weight excluding hydrogens is 166 g/mol. The number of rotatable bonds is 2. The van der Waals surface area contributed by atoms with Gasteiger partial charge < -0.3 is 0 Å². The van der Waals surface area contributed by atoms with Crippen LogP contribution in [0.3, 0.4) is 0 Å². The summed E-state index contributed by atoms with van der Waals surface area (Å²) < 4.78 is 0. The number of nitrogens with zero attached hydrogens (tertiary/aromatic N) is 4. The smallest absolute Gasteiger partial charge is 0.222 e. The molecule has 0 radical (unpaired) electrons. The average molecular weight is 175 g/mol. The Morgan fingerprint density at radius 2 is 2.31 bits per heavy atom. The van der Waals surface area contributed by atoms with Crippen LogP contribution in [0.25, 0.3) is 11.5 Å². The lowest BCUT2D eigenvalue weighted by molar-refractivity contribution is 0.881. The molecule has 0 unspecified atom stereocenters. The first-order valence-electron chi connectivity index (χ1n) is 4.10. The second-order valence-corrected chi connectivity index (χ2v) is 2.60. The molecular formula is C8H9N5. The highest BCUT2D eigenvalue weighted by Gasteiger charge is 2.03. The van der Waals surface area contributed by atoms with Crippen LogP contribution in [-0.2, 0) is 6.42 Å². The van der Waals surface area contributed by atoms with Crippen molar-refractivity contribution in [2.75, 3.05) is 0 Å². The number of aryl methyl sites for hydroxylation is 1. The van der Waals surface area contributed by atoms with E-state index in [9.17, 15) is 0 Å². The van der Waals surface area contributed by atoms with Crippen molar-refractivity contribution in [2.45, 2.75) is 13.3 Å². The fourth-order valence-corrected chi connectivity index (χ4v) is 1.07. The minimum absolute atomic E-state index is 0.537. The zero-order chi connectivity index (χ0) is 9.10. The third-order valence-corrected chi connectivity index (χ3v) is 1.74. The van der Waals surface area contributed by atoms with E-state index in [1.54, 1.807) is 0 Å². The number of aromatic nitrogens is 5. The van der Waals surface area contributed by atoms with E-state index in [1.807, 2.05) is 18.2 Å². The molecule has 2 aromatic heterocycles. The molecule has 66 valence electrons. The molecule has 0 bridgehead atoms. The zero-order valence-electron chi connectivity index (χ0n) is 7.23. The Labute approximate surface area is 75.2 Å². The van der Waals surface area contributed by atoms with Crippen molar-refractivity contribution in [1.82, 2.24) is 25.6 Å². The molecule has 0 aromatic carbocycles. The standard InChI is InChI=1S/C8H9N5/c1-2-6-4-3-5-7(9-6)8-10-12-13-11-8/h3-5H,2H2,1H3,(H,10,11,12,13). The molecule has 13 heavy (non-hydrogen) atoms. The fourth-order valence-electron chi connectivity index (χ4n) is 1.07. The predicted molar refractivity (Wildman–Crippen MR) is 46.8 cm³/mol. The van der Waals surface area contributed by atoms with Gasteiger partial charge in [0.2, 0.25) is 5.82 Å². The van der Waals surface area contributed by atoms with Gasteiger partial charge in [-0.3, -0.25) is 0 Å². The van der Waals surface area contributed by atoms with E-state index in [2.05, 4.69) is 32.5 Å². The second kappa shape index (κ2) is 3.30. The van der Waals surface area contributed by atoms with Gasteiger partial charge in [0.1, 0.15) is 5.69 Å². The van der Waals surface area contributed by atoms with E-state index in [4.69, 9.17) is 0 Å². The molecule has 2 rings (SSSR count). The molecule has 0 atom stereocenters. The lowest BCUT2D eigenvalue weighted by Gasteiger charge is -1.96. The summed E-state index contributed by atoms with van der Waals surface area (Å²) in [6.07, 6.45) is 0.908. The van der Waals surface area contributed by atoms with Gasteiger partial charge in [-0.1, -0.05) is 13.0 Å². The highest BCUT2D eigenvalue weighted by molar-refractivity contribution is 5.47. The maximum atomic E-state index is 4.35. The van der Waals surface area contributed by atoms with Crippen LogP contribution >= 0.6 is 0 Å². The average Bonchev–Trinajstić information content (AvgIpc) is 2.71. The summed E-state index contributed by atoms with van der Waals surface area (Å²) in [5.74, 6) is 0.537. The quantitative estimate of drug-likeness (QED) is 0.733. The van der Waals surface area contributed by atoms with Gasteiger partial charge in [-0.05, 0) is 23.8 Å². The number of H-pyrrole nitrogens is 1. The van der Waals surface area contributed by atoms with Crippen molar-refractivity contribution < 1.29 is 0 Å². The van der Waals surface area contributed by atoms with Crippen LogP contribution in [0.1, 0.15) is 12.6 Å². The summed E-state index contributed by atoms with van der Waals surface area (Å²) in [6, 6.07) is 5.78. The highest BCUT2D eigenvalue weighted by atomic mass is 15.5. The maximum Gasteiger partial charge on any atom is 0.222 e. The summed E-state index contributed by atoms with van der Waals surface area (Å²) in [7, 11) is 0. The molecule has 0 amide bonds. The molecule has 2 heterocycles. The first kappa shape index (κ1) is 7.85. The molecule has 0 fully saturated rings. The molecule has 0 aliphatic heterocycles. The Balaban J connectivity index is 2.41. The first-order chi connectivity index (χ1) is 6.40. The topological polar surface area (TPSA) is 67.3 Å². The summed E-state index contributed by atoms with van der Waals surface area (Å²) in [4.78, 5) is 4.35. The Hall–Kier alpha value is -1.78. The Morgan fingerprint density at radius 1 is 1.38 bits per heavy atom. The molecule has 0 aliphatic rings. The third kappa shape index (κ3) is 1.53. The van der Waals surface area contributed by atoms with Crippen LogP contribution in [0.2, 0.25) is 0 Å². The minimum Gasteiger partial charge on any atom is -0.249 e. The van der Waals surface area contributed by atoms with Gasteiger partial charge in [-0.25, -0.2) is 4.98 Å². The summed E-state index contributed by atoms with van der Waals surface area (Å²) in [5, 5.41) is 13.6. The van der Waals surface area contributed by atoms with Gasteiger partial charge in [-0.2, -0.15) is 5.21 Å². The number of hydrogen-bond acceptors (Lipinski definition) is 4. The Kier molecular flexibility index (Phi) is 1.99. The number of tetrazole rings is 1. The predicted octanol–water partition coefficient (Wildman–Crippen LogP) is 0.824. The molecule has 0 aliphatic carbocycles. The van der Waals surface area contributed by atoms with Crippen LogP contribution in [0.15, 0.2) is 18.2 Å².